The Balaban J connectivity index is 2.63. The molecule has 17 heavy (non-hydrogen) atoms. The standard InChI is InChI=1S/C12H13NO3S/c1-7-11(13-12(14)17-7)9-6-8(15-2)4-5-10(9)16-3/h4-6H,1-3H3,(H,13,14). The second-order valence-electron chi connectivity index (χ2n) is 3.51. The van der Waals surface area contributed by atoms with Crippen LogP contribution >= 0.6 is 11.3 Å². The van der Waals surface area contributed by atoms with Crippen LogP contribution in [-0.2, 0) is 0 Å². The first kappa shape index (κ1) is 11.7. The number of rotatable bonds is 3. The summed E-state index contributed by atoms with van der Waals surface area (Å²) in [7, 11) is 3.21. The highest BCUT2D eigenvalue weighted by Crippen LogP contribution is 2.34. The maximum absolute atomic E-state index is 11.3. The Morgan fingerprint density at radius 3 is 2.53 bits per heavy atom. The van der Waals surface area contributed by atoms with Gasteiger partial charge in [0.05, 0.1) is 19.9 Å². The Bertz CT molecular complexity index is 586. The smallest absolute Gasteiger partial charge is 0.305 e. The van der Waals surface area contributed by atoms with Crippen molar-refractivity contribution in [3.8, 4) is 22.8 Å². The summed E-state index contributed by atoms with van der Waals surface area (Å²) in [5.41, 5.74) is 1.62. The molecular formula is C12H13NO3S. The van der Waals surface area contributed by atoms with Gasteiger partial charge in [-0.3, -0.25) is 4.79 Å². The highest BCUT2D eigenvalue weighted by Gasteiger charge is 2.12. The number of methoxy groups -OCH3 is 2. The van der Waals surface area contributed by atoms with Crippen molar-refractivity contribution in [2.24, 2.45) is 0 Å². The minimum absolute atomic E-state index is 0.0672. The number of thiazole rings is 1. The number of benzene rings is 1. The molecule has 0 aliphatic carbocycles. The van der Waals surface area contributed by atoms with Gasteiger partial charge in [0.1, 0.15) is 11.5 Å². The van der Waals surface area contributed by atoms with Crippen LogP contribution in [-0.4, -0.2) is 19.2 Å². The monoisotopic (exact) mass is 251 g/mol. The molecule has 0 unspecified atom stereocenters. The summed E-state index contributed by atoms with van der Waals surface area (Å²) in [5, 5.41) is 0. The summed E-state index contributed by atoms with van der Waals surface area (Å²) in [6.45, 7) is 1.90. The Labute approximate surface area is 103 Å². The van der Waals surface area contributed by atoms with Gasteiger partial charge in [0.25, 0.3) is 0 Å². The molecule has 2 rings (SSSR count). The van der Waals surface area contributed by atoms with Crippen LogP contribution in [0.25, 0.3) is 11.3 Å². The fraction of sp³-hybridized carbons (Fsp3) is 0.250. The molecule has 4 nitrogen and oxygen atoms in total. The van der Waals surface area contributed by atoms with E-state index >= 15 is 0 Å². The van der Waals surface area contributed by atoms with Crippen LogP contribution in [0, 0.1) is 6.92 Å². The van der Waals surface area contributed by atoms with Crippen molar-refractivity contribution >= 4 is 11.3 Å². The number of aromatic amines is 1. The summed E-state index contributed by atoms with van der Waals surface area (Å²) >= 11 is 1.19. The molecule has 0 bridgehead atoms. The first-order valence-electron chi connectivity index (χ1n) is 5.08. The highest BCUT2D eigenvalue weighted by molar-refractivity contribution is 7.09. The molecule has 0 aliphatic rings. The van der Waals surface area contributed by atoms with Crippen LogP contribution in [0.5, 0.6) is 11.5 Å². The molecule has 90 valence electrons. The summed E-state index contributed by atoms with van der Waals surface area (Å²) in [5.74, 6) is 1.44. The molecule has 2 aromatic rings. The first-order valence-corrected chi connectivity index (χ1v) is 5.89. The SMILES string of the molecule is COc1ccc(OC)c(-c2[nH]c(=O)sc2C)c1. The van der Waals surface area contributed by atoms with Gasteiger partial charge in [-0.2, -0.15) is 0 Å². The van der Waals surface area contributed by atoms with Gasteiger partial charge in [0, 0.05) is 10.4 Å². The minimum atomic E-state index is -0.0672. The van der Waals surface area contributed by atoms with Crippen molar-refractivity contribution < 1.29 is 9.47 Å². The molecule has 5 heteroatoms. The number of aromatic nitrogens is 1. The van der Waals surface area contributed by atoms with E-state index in [2.05, 4.69) is 4.98 Å². The van der Waals surface area contributed by atoms with E-state index in [1.165, 1.54) is 11.3 Å². The lowest BCUT2D eigenvalue weighted by Gasteiger charge is -2.09. The van der Waals surface area contributed by atoms with E-state index in [1.54, 1.807) is 14.2 Å². The van der Waals surface area contributed by atoms with Gasteiger partial charge in [-0.1, -0.05) is 11.3 Å². The third-order valence-electron chi connectivity index (χ3n) is 2.50. The largest absolute Gasteiger partial charge is 0.497 e. The Hall–Kier alpha value is -1.75. The molecule has 0 amide bonds. The van der Waals surface area contributed by atoms with Crippen LogP contribution in [0.3, 0.4) is 0 Å². The molecule has 0 atom stereocenters. The third-order valence-corrected chi connectivity index (χ3v) is 3.30. The molecule has 0 spiro atoms. The van der Waals surface area contributed by atoms with Crippen LogP contribution < -0.4 is 14.3 Å². The molecule has 0 aliphatic heterocycles. The number of hydrogen-bond acceptors (Lipinski definition) is 4. The lowest BCUT2D eigenvalue weighted by atomic mass is 10.1. The summed E-state index contributed by atoms with van der Waals surface area (Å²) in [6, 6.07) is 5.50. The first-order chi connectivity index (χ1) is 8.15. The third kappa shape index (κ3) is 2.19. The van der Waals surface area contributed by atoms with Gasteiger partial charge >= 0.3 is 4.87 Å². The molecule has 1 heterocycles. The summed E-state index contributed by atoms with van der Waals surface area (Å²) < 4.78 is 10.5. The second-order valence-corrected chi connectivity index (χ2v) is 4.70. The molecule has 1 aromatic carbocycles. The van der Waals surface area contributed by atoms with Crippen molar-refractivity contribution in [2.75, 3.05) is 14.2 Å². The zero-order chi connectivity index (χ0) is 12.4. The number of H-pyrrole nitrogens is 1. The zero-order valence-corrected chi connectivity index (χ0v) is 10.7. The van der Waals surface area contributed by atoms with E-state index in [1.807, 2.05) is 25.1 Å². The lowest BCUT2D eigenvalue weighted by molar-refractivity contribution is 0.404. The Morgan fingerprint density at radius 2 is 2.00 bits per heavy atom. The molecule has 1 N–H and O–H groups in total. The fourth-order valence-electron chi connectivity index (χ4n) is 1.67. The number of ether oxygens (including phenoxy) is 2. The molecule has 0 fully saturated rings. The van der Waals surface area contributed by atoms with Crippen molar-refractivity contribution in [3.63, 3.8) is 0 Å². The van der Waals surface area contributed by atoms with Crippen LogP contribution in [0.4, 0.5) is 0 Å². The van der Waals surface area contributed by atoms with Gasteiger partial charge in [0.15, 0.2) is 0 Å². The predicted molar refractivity (Wildman–Crippen MR) is 68.2 cm³/mol. The topological polar surface area (TPSA) is 51.3 Å². The van der Waals surface area contributed by atoms with E-state index < -0.39 is 0 Å². The Kier molecular flexibility index (Phi) is 3.19. The Morgan fingerprint density at radius 1 is 1.24 bits per heavy atom. The fourth-order valence-corrected chi connectivity index (χ4v) is 2.37. The molecular weight excluding hydrogens is 238 g/mol. The lowest BCUT2D eigenvalue weighted by Crippen LogP contribution is -1.95. The molecule has 0 saturated carbocycles. The number of aryl methyl sites for hydroxylation is 1. The van der Waals surface area contributed by atoms with E-state index in [0.717, 1.165) is 21.9 Å². The molecule has 0 radical (unpaired) electrons. The van der Waals surface area contributed by atoms with Gasteiger partial charge in [-0.25, -0.2) is 0 Å². The van der Waals surface area contributed by atoms with Crippen LogP contribution in [0.1, 0.15) is 4.88 Å². The van der Waals surface area contributed by atoms with Gasteiger partial charge in [-0.15, -0.1) is 0 Å². The van der Waals surface area contributed by atoms with E-state index in [4.69, 9.17) is 9.47 Å². The average Bonchev–Trinajstić information content (AvgIpc) is 2.67. The normalized spacial score (nSPS) is 10.3. The van der Waals surface area contributed by atoms with Gasteiger partial charge in [-0.05, 0) is 25.1 Å². The average molecular weight is 251 g/mol. The maximum Gasteiger partial charge on any atom is 0.305 e. The quantitative estimate of drug-likeness (QED) is 0.911. The molecule has 1 aromatic heterocycles. The van der Waals surface area contributed by atoms with Gasteiger partial charge in [0.2, 0.25) is 0 Å². The van der Waals surface area contributed by atoms with E-state index in [9.17, 15) is 4.79 Å². The maximum atomic E-state index is 11.3. The van der Waals surface area contributed by atoms with Gasteiger partial charge < -0.3 is 14.5 Å². The van der Waals surface area contributed by atoms with Crippen molar-refractivity contribution in [1.82, 2.24) is 4.98 Å². The highest BCUT2D eigenvalue weighted by atomic mass is 32.1. The minimum Gasteiger partial charge on any atom is -0.497 e. The van der Waals surface area contributed by atoms with E-state index in [-0.39, 0.29) is 4.87 Å². The molecule has 0 saturated heterocycles. The summed E-state index contributed by atoms with van der Waals surface area (Å²) in [4.78, 5) is 15.0. The number of nitrogens with one attached hydrogen (secondary N) is 1. The second kappa shape index (κ2) is 4.63. The predicted octanol–water partition coefficient (Wildman–Crippen LogP) is 2.43. The van der Waals surface area contributed by atoms with Crippen molar-refractivity contribution in [2.45, 2.75) is 6.92 Å². The zero-order valence-electron chi connectivity index (χ0n) is 9.87. The number of hydrogen-bond donors (Lipinski definition) is 1. The van der Waals surface area contributed by atoms with Crippen LogP contribution in [0.15, 0.2) is 23.0 Å². The van der Waals surface area contributed by atoms with Crippen LogP contribution in [0.2, 0.25) is 0 Å². The van der Waals surface area contributed by atoms with E-state index in [0.29, 0.717) is 5.75 Å². The van der Waals surface area contributed by atoms with Crippen molar-refractivity contribution in [3.05, 3.63) is 32.7 Å². The van der Waals surface area contributed by atoms with Crippen molar-refractivity contribution in [1.29, 1.82) is 0 Å². The summed E-state index contributed by atoms with van der Waals surface area (Å²) in [6.07, 6.45) is 0.